The number of rotatable bonds is 3. The summed E-state index contributed by atoms with van der Waals surface area (Å²) in [4.78, 5) is 28.9. The number of hydrogen-bond donors (Lipinski definition) is 0. The fraction of sp³-hybridized carbons (Fsp3) is 0.273. The lowest BCUT2D eigenvalue weighted by atomic mass is 10.1. The summed E-state index contributed by atoms with van der Waals surface area (Å²) in [6.07, 6.45) is 2.09. The Morgan fingerprint density at radius 3 is 2.40 bits per heavy atom. The standard InChI is InChI=1S/C22H21FN4O3/c1-15-5-6-19(25-24-15)16-12-17(14-18(23)13-16)21(28)26-7-3-8-27(10-9-26)22(29)20-4-2-11-30-20/h2,4-6,11-14H,3,7-10H2,1H3. The Bertz CT molecular complexity index is 1050. The minimum Gasteiger partial charge on any atom is -0.459 e. The maximum absolute atomic E-state index is 14.2. The van der Waals surface area contributed by atoms with E-state index >= 15 is 0 Å². The molecule has 0 atom stereocenters. The minimum absolute atomic E-state index is 0.194. The van der Waals surface area contributed by atoms with Crippen molar-refractivity contribution in [3.05, 3.63) is 71.6 Å². The lowest BCUT2D eigenvalue weighted by molar-refractivity contribution is 0.0700. The zero-order chi connectivity index (χ0) is 21.1. The molecular weight excluding hydrogens is 387 g/mol. The first-order valence-electron chi connectivity index (χ1n) is 9.74. The van der Waals surface area contributed by atoms with Crippen LogP contribution in [0.25, 0.3) is 11.3 Å². The summed E-state index contributed by atoms with van der Waals surface area (Å²) in [6.45, 7) is 3.57. The molecule has 1 aliphatic rings. The second kappa shape index (κ2) is 8.44. The summed E-state index contributed by atoms with van der Waals surface area (Å²) < 4.78 is 19.4. The zero-order valence-corrected chi connectivity index (χ0v) is 16.5. The summed E-state index contributed by atoms with van der Waals surface area (Å²) in [7, 11) is 0. The highest BCUT2D eigenvalue weighted by molar-refractivity contribution is 5.95. The number of benzene rings is 1. The molecule has 1 aliphatic heterocycles. The second-order valence-corrected chi connectivity index (χ2v) is 7.20. The van der Waals surface area contributed by atoms with Crippen molar-refractivity contribution in [2.45, 2.75) is 13.3 Å². The van der Waals surface area contributed by atoms with Gasteiger partial charge in [0.15, 0.2) is 5.76 Å². The van der Waals surface area contributed by atoms with Crippen molar-refractivity contribution in [1.82, 2.24) is 20.0 Å². The van der Waals surface area contributed by atoms with Crippen LogP contribution in [-0.4, -0.2) is 58.0 Å². The maximum atomic E-state index is 14.2. The van der Waals surface area contributed by atoms with Gasteiger partial charge in [-0.2, -0.15) is 10.2 Å². The van der Waals surface area contributed by atoms with Gasteiger partial charge >= 0.3 is 0 Å². The van der Waals surface area contributed by atoms with Crippen molar-refractivity contribution in [3.63, 3.8) is 0 Å². The summed E-state index contributed by atoms with van der Waals surface area (Å²) in [5.41, 5.74) is 2.00. The third-order valence-corrected chi connectivity index (χ3v) is 5.04. The molecule has 0 aliphatic carbocycles. The Morgan fingerprint density at radius 2 is 1.73 bits per heavy atom. The average Bonchev–Trinajstić information content (AvgIpc) is 3.17. The molecule has 0 N–H and O–H groups in total. The maximum Gasteiger partial charge on any atom is 0.289 e. The minimum atomic E-state index is -0.511. The van der Waals surface area contributed by atoms with E-state index in [1.807, 2.05) is 6.92 Å². The van der Waals surface area contributed by atoms with Gasteiger partial charge in [-0.1, -0.05) is 0 Å². The van der Waals surface area contributed by atoms with Gasteiger partial charge in [0.25, 0.3) is 11.8 Å². The van der Waals surface area contributed by atoms with Crippen LogP contribution in [0.3, 0.4) is 0 Å². The predicted molar refractivity (Wildman–Crippen MR) is 107 cm³/mol. The van der Waals surface area contributed by atoms with Crippen molar-refractivity contribution >= 4 is 11.8 Å². The molecular formula is C22H21FN4O3. The Morgan fingerprint density at radius 1 is 0.967 bits per heavy atom. The fourth-order valence-corrected chi connectivity index (χ4v) is 3.48. The second-order valence-electron chi connectivity index (χ2n) is 7.20. The molecule has 1 fully saturated rings. The lowest BCUT2D eigenvalue weighted by Crippen LogP contribution is -2.37. The first kappa shape index (κ1) is 19.8. The van der Waals surface area contributed by atoms with Gasteiger partial charge in [0.2, 0.25) is 0 Å². The van der Waals surface area contributed by atoms with Gasteiger partial charge in [0, 0.05) is 37.3 Å². The van der Waals surface area contributed by atoms with E-state index < -0.39 is 5.82 Å². The van der Waals surface area contributed by atoms with Gasteiger partial charge in [-0.25, -0.2) is 4.39 Å². The molecule has 154 valence electrons. The van der Waals surface area contributed by atoms with E-state index in [0.29, 0.717) is 43.9 Å². The zero-order valence-electron chi connectivity index (χ0n) is 16.5. The average molecular weight is 408 g/mol. The topological polar surface area (TPSA) is 79.5 Å². The van der Waals surface area contributed by atoms with E-state index in [-0.39, 0.29) is 23.1 Å². The molecule has 1 saturated heterocycles. The number of hydrogen-bond acceptors (Lipinski definition) is 5. The highest BCUT2D eigenvalue weighted by Crippen LogP contribution is 2.21. The Kier molecular flexibility index (Phi) is 5.56. The summed E-state index contributed by atoms with van der Waals surface area (Å²) in [5.74, 6) is -0.699. The van der Waals surface area contributed by atoms with Crippen molar-refractivity contribution in [2.75, 3.05) is 26.2 Å². The third-order valence-electron chi connectivity index (χ3n) is 5.04. The number of furan rings is 1. The Hall–Kier alpha value is -3.55. The van der Waals surface area contributed by atoms with Gasteiger partial charge in [-0.05, 0) is 55.8 Å². The van der Waals surface area contributed by atoms with Crippen LogP contribution in [0.15, 0.2) is 53.1 Å². The van der Waals surface area contributed by atoms with Crippen LogP contribution in [-0.2, 0) is 0 Å². The first-order chi connectivity index (χ1) is 14.5. The van der Waals surface area contributed by atoms with Crippen LogP contribution in [0.2, 0.25) is 0 Å². The third kappa shape index (κ3) is 4.22. The molecule has 0 radical (unpaired) electrons. The van der Waals surface area contributed by atoms with E-state index in [1.54, 1.807) is 40.1 Å². The van der Waals surface area contributed by atoms with E-state index in [1.165, 1.54) is 18.4 Å². The van der Waals surface area contributed by atoms with Crippen LogP contribution in [0.4, 0.5) is 4.39 Å². The van der Waals surface area contributed by atoms with Crippen LogP contribution >= 0.6 is 0 Å². The fourth-order valence-electron chi connectivity index (χ4n) is 3.48. The molecule has 3 aromatic rings. The molecule has 0 spiro atoms. The van der Waals surface area contributed by atoms with E-state index in [0.717, 1.165) is 5.69 Å². The van der Waals surface area contributed by atoms with Crippen molar-refractivity contribution in [1.29, 1.82) is 0 Å². The number of aromatic nitrogens is 2. The molecule has 3 heterocycles. The molecule has 1 aromatic carbocycles. The molecule has 2 aromatic heterocycles. The van der Waals surface area contributed by atoms with Crippen molar-refractivity contribution in [2.24, 2.45) is 0 Å². The SMILES string of the molecule is Cc1ccc(-c2cc(F)cc(C(=O)N3CCCN(C(=O)c4ccco4)CC3)c2)nn1. The molecule has 8 heteroatoms. The normalized spacial score (nSPS) is 14.5. The number of aryl methyl sites for hydroxylation is 1. The molecule has 30 heavy (non-hydrogen) atoms. The predicted octanol–water partition coefficient (Wildman–Crippen LogP) is 3.17. The first-order valence-corrected chi connectivity index (χ1v) is 9.74. The Balaban J connectivity index is 1.50. The van der Waals surface area contributed by atoms with Gasteiger partial charge in [-0.3, -0.25) is 9.59 Å². The number of nitrogens with zero attached hydrogens (tertiary/aromatic N) is 4. The van der Waals surface area contributed by atoms with E-state index in [9.17, 15) is 14.0 Å². The molecule has 2 amide bonds. The van der Waals surface area contributed by atoms with Crippen LogP contribution in [0.1, 0.15) is 33.0 Å². The van der Waals surface area contributed by atoms with Gasteiger partial charge in [0.05, 0.1) is 17.7 Å². The Labute approximate surface area is 173 Å². The van der Waals surface area contributed by atoms with Gasteiger partial charge in [0.1, 0.15) is 5.82 Å². The summed E-state index contributed by atoms with van der Waals surface area (Å²) >= 11 is 0. The highest BCUT2D eigenvalue weighted by atomic mass is 19.1. The molecule has 0 unspecified atom stereocenters. The van der Waals surface area contributed by atoms with E-state index in [2.05, 4.69) is 10.2 Å². The number of amides is 2. The molecule has 7 nitrogen and oxygen atoms in total. The van der Waals surface area contributed by atoms with Gasteiger partial charge < -0.3 is 14.2 Å². The molecule has 0 saturated carbocycles. The van der Waals surface area contributed by atoms with Crippen molar-refractivity contribution in [3.8, 4) is 11.3 Å². The number of halogens is 1. The quantitative estimate of drug-likeness (QED) is 0.665. The van der Waals surface area contributed by atoms with Crippen molar-refractivity contribution < 1.29 is 18.4 Å². The summed E-state index contributed by atoms with van der Waals surface area (Å²) in [6, 6.07) is 11.0. The lowest BCUT2D eigenvalue weighted by Gasteiger charge is -2.22. The monoisotopic (exact) mass is 408 g/mol. The smallest absolute Gasteiger partial charge is 0.289 e. The highest BCUT2D eigenvalue weighted by Gasteiger charge is 2.25. The molecule has 4 rings (SSSR count). The van der Waals surface area contributed by atoms with Crippen LogP contribution < -0.4 is 0 Å². The summed E-state index contributed by atoms with van der Waals surface area (Å²) in [5, 5.41) is 8.07. The van der Waals surface area contributed by atoms with Gasteiger partial charge in [-0.15, -0.1) is 0 Å². The van der Waals surface area contributed by atoms with E-state index in [4.69, 9.17) is 4.42 Å². The largest absolute Gasteiger partial charge is 0.459 e. The molecule has 0 bridgehead atoms. The number of carbonyl (C=O) groups is 2. The van der Waals surface area contributed by atoms with Crippen LogP contribution in [0.5, 0.6) is 0 Å². The number of carbonyl (C=O) groups excluding carboxylic acids is 2. The van der Waals surface area contributed by atoms with Crippen LogP contribution in [0, 0.1) is 12.7 Å².